The minimum atomic E-state index is -0.180. The van der Waals surface area contributed by atoms with Crippen molar-refractivity contribution >= 4 is 0 Å². The molecule has 2 heteroatoms. The zero-order chi connectivity index (χ0) is 8.10. The van der Waals surface area contributed by atoms with Gasteiger partial charge in [-0.05, 0) is 25.0 Å². The van der Waals surface area contributed by atoms with E-state index in [0.717, 1.165) is 19.3 Å². The first-order chi connectivity index (χ1) is 5.34. The smallest absolute Gasteiger partial charge is 0.144 e. The van der Waals surface area contributed by atoms with Crippen molar-refractivity contribution in [3.05, 3.63) is 29.8 Å². The van der Waals surface area contributed by atoms with Crippen molar-refractivity contribution in [1.82, 2.24) is 4.98 Å². The molecule has 0 fully saturated rings. The van der Waals surface area contributed by atoms with Gasteiger partial charge in [-0.3, -0.25) is 4.98 Å². The molecule has 0 spiro atoms. The summed E-state index contributed by atoms with van der Waals surface area (Å²) in [5, 5.41) is 0. The van der Waals surface area contributed by atoms with Crippen LogP contribution in [0.1, 0.15) is 25.5 Å². The lowest BCUT2D eigenvalue weighted by Gasteiger charge is -1.98. The molecule has 1 aromatic rings. The van der Waals surface area contributed by atoms with E-state index in [0.29, 0.717) is 5.69 Å². The van der Waals surface area contributed by atoms with E-state index in [9.17, 15) is 4.39 Å². The summed E-state index contributed by atoms with van der Waals surface area (Å²) in [5.41, 5.74) is 0.592. The van der Waals surface area contributed by atoms with Crippen LogP contribution in [0.5, 0.6) is 0 Å². The minimum Gasteiger partial charge on any atom is -0.258 e. The molecule has 1 nitrogen and oxygen atoms in total. The highest BCUT2D eigenvalue weighted by atomic mass is 19.1. The van der Waals surface area contributed by atoms with Gasteiger partial charge in [0.25, 0.3) is 0 Å². The van der Waals surface area contributed by atoms with Crippen LogP contribution in [0, 0.1) is 5.82 Å². The third kappa shape index (κ3) is 2.30. The summed E-state index contributed by atoms with van der Waals surface area (Å²) in [4.78, 5) is 3.94. The van der Waals surface area contributed by atoms with Crippen LogP contribution in [0.25, 0.3) is 0 Å². The van der Waals surface area contributed by atoms with E-state index in [1.54, 1.807) is 12.3 Å². The zero-order valence-corrected chi connectivity index (χ0v) is 6.68. The molecule has 0 aliphatic carbocycles. The molecule has 0 radical (unpaired) electrons. The van der Waals surface area contributed by atoms with Crippen LogP contribution >= 0.6 is 0 Å². The maximum atomic E-state index is 12.9. The molecular weight excluding hydrogens is 141 g/mol. The standard InChI is InChI=1S/C9H12FN/c1-2-3-6-9-8(10)5-4-7-11-9/h4-5,7H,2-3,6H2,1H3. The van der Waals surface area contributed by atoms with E-state index in [1.807, 2.05) is 0 Å². The molecule has 0 aliphatic rings. The molecule has 0 saturated heterocycles. The van der Waals surface area contributed by atoms with Crippen molar-refractivity contribution < 1.29 is 4.39 Å². The first-order valence-electron chi connectivity index (χ1n) is 3.94. The summed E-state index contributed by atoms with van der Waals surface area (Å²) >= 11 is 0. The van der Waals surface area contributed by atoms with Gasteiger partial charge in [0.05, 0.1) is 5.69 Å². The maximum Gasteiger partial charge on any atom is 0.144 e. The van der Waals surface area contributed by atoms with Gasteiger partial charge in [-0.15, -0.1) is 0 Å². The van der Waals surface area contributed by atoms with Gasteiger partial charge in [-0.2, -0.15) is 0 Å². The fourth-order valence-electron chi connectivity index (χ4n) is 0.947. The molecule has 0 amide bonds. The Morgan fingerprint density at radius 2 is 2.36 bits per heavy atom. The molecule has 0 saturated carbocycles. The molecule has 0 atom stereocenters. The second kappa shape index (κ2) is 4.06. The SMILES string of the molecule is CCCCc1ncccc1F. The third-order valence-corrected chi connectivity index (χ3v) is 1.60. The van der Waals surface area contributed by atoms with Crippen LogP contribution in [0.4, 0.5) is 4.39 Å². The molecule has 1 heterocycles. The Morgan fingerprint density at radius 1 is 1.55 bits per heavy atom. The predicted molar refractivity (Wildman–Crippen MR) is 42.8 cm³/mol. The Bertz CT molecular complexity index is 223. The van der Waals surface area contributed by atoms with Crippen molar-refractivity contribution in [3.8, 4) is 0 Å². The Labute approximate surface area is 66.3 Å². The van der Waals surface area contributed by atoms with Gasteiger partial charge in [0.1, 0.15) is 5.82 Å². The zero-order valence-electron chi connectivity index (χ0n) is 6.68. The molecule has 0 bridgehead atoms. The third-order valence-electron chi connectivity index (χ3n) is 1.60. The van der Waals surface area contributed by atoms with Gasteiger partial charge in [0.15, 0.2) is 0 Å². The van der Waals surface area contributed by atoms with Gasteiger partial charge in [0, 0.05) is 6.20 Å². The van der Waals surface area contributed by atoms with E-state index in [1.165, 1.54) is 6.07 Å². The van der Waals surface area contributed by atoms with Crippen molar-refractivity contribution in [2.24, 2.45) is 0 Å². The van der Waals surface area contributed by atoms with Crippen LogP contribution < -0.4 is 0 Å². The van der Waals surface area contributed by atoms with E-state index in [2.05, 4.69) is 11.9 Å². The molecule has 1 rings (SSSR count). The second-order valence-corrected chi connectivity index (χ2v) is 2.54. The first kappa shape index (κ1) is 8.18. The number of hydrogen-bond donors (Lipinski definition) is 0. The van der Waals surface area contributed by atoms with Crippen molar-refractivity contribution in [1.29, 1.82) is 0 Å². The monoisotopic (exact) mass is 153 g/mol. The number of aromatic nitrogens is 1. The highest BCUT2D eigenvalue weighted by Gasteiger charge is 1.99. The summed E-state index contributed by atoms with van der Waals surface area (Å²) < 4.78 is 12.9. The van der Waals surface area contributed by atoms with Crippen molar-refractivity contribution in [2.75, 3.05) is 0 Å². The van der Waals surface area contributed by atoms with E-state index >= 15 is 0 Å². The highest BCUT2D eigenvalue weighted by molar-refractivity contribution is 5.06. The summed E-state index contributed by atoms with van der Waals surface area (Å²) in [6.45, 7) is 2.08. The van der Waals surface area contributed by atoms with Gasteiger partial charge < -0.3 is 0 Å². The second-order valence-electron chi connectivity index (χ2n) is 2.54. The van der Waals surface area contributed by atoms with Gasteiger partial charge in [-0.1, -0.05) is 13.3 Å². The number of aryl methyl sites for hydroxylation is 1. The highest BCUT2D eigenvalue weighted by Crippen LogP contribution is 2.05. The first-order valence-corrected chi connectivity index (χ1v) is 3.94. The normalized spacial score (nSPS) is 10.0. The minimum absolute atomic E-state index is 0.180. The lowest BCUT2D eigenvalue weighted by molar-refractivity contribution is 0.591. The molecular formula is C9H12FN. The van der Waals surface area contributed by atoms with Crippen LogP contribution in [0.15, 0.2) is 18.3 Å². The van der Waals surface area contributed by atoms with Crippen molar-refractivity contribution in [2.45, 2.75) is 26.2 Å². The van der Waals surface area contributed by atoms with E-state index in [-0.39, 0.29) is 5.82 Å². The predicted octanol–water partition coefficient (Wildman–Crippen LogP) is 2.56. The van der Waals surface area contributed by atoms with Crippen LogP contribution in [-0.2, 0) is 6.42 Å². The lowest BCUT2D eigenvalue weighted by Crippen LogP contribution is -1.93. The Balaban J connectivity index is 2.62. The van der Waals surface area contributed by atoms with Crippen LogP contribution in [0.3, 0.4) is 0 Å². The molecule has 0 aliphatic heterocycles. The molecule has 0 N–H and O–H groups in total. The Morgan fingerprint density at radius 3 is 3.00 bits per heavy atom. The van der Waals surface area contributed by atoms with Gasteiger partial charge in [-0.25, -0.2) is 4.39 Å². The quantitative estimate of drug-likeness (QED) is 0.650. The topological polar surface area (TPSA) is 12.9 Å². The van der Waals surface area contributed by atoms with Crippen LogP contribution in [-0.4, -0.2) is 4.98 Å². The van der Waals surface area contributed by atoms with E-state index < -0.39 is 0 Å². The fraction of sp³-hybridized carbons (Fsp3) is 0.444. The number of pyridine rings is 1. The summed E-state index contributed by atoms with van der Waals surface area (Å²) in [6.07, 6.45) is 4.47. The van der Waals surface area contributed by atoms with E-state index in [4.69, 9.17) is 0 Å². The summed E-state index contributed by atoms with van der Waals surface area (Å²) in [7, 11) is 0. The number of rotatable bonds is 3. The number of halogens is 1. The number of nitrogens with zero attached hydrogens (tertiary/aromatic N) is 1. The summed E-state index contributed by atoms with van der Waals surface area (Å²) in [5.74, 6) is -0.180. The Hall–Kier alpha value is -0.920. The van der Waals surface area contributed by atoms with Gasteiger partial charge >= 0.3 is 0 Å². The largest absolute Gasteiger partial charge is 0.258 e. The Kier molecular flexibility index (Phi) is 3.02. The molecule has 1 aromatic heterocycles. The lowest BCUT2D eigenvalue weighted by atomic mass is 10.2. The maximum absolute atomic E-state index is 12.9. The average molecular weight is 153 g/mol. The molecule has 11 heavy (non-hydrogen) atoms. The fourth-order valence-corrected chi connectivity index (χ4v) is 0.947. The number of hydrogen-bond acceptors (Lipinski definition) is 1. The van der Waals surface area contributed by atoms with Crippen LogP contribution in [0.2, 0.25) is 0 Å². The molecule has 0 unspecified atom stereocenters. The number of unbranched alkanes of at least 4 members (excludes halogenated alkanes) is 1. The molecule has 0 aromatic carbocycles. The summed E-state index contributed by atoms with van der Waals surface area (Å²) in [6, 6.07) is 3.07. The molecule has 60 valence electrons. The van der Waals surface area contributed by atoms with Crippen molar-refractivity contribution in [3.63, 3.8) is 0 Å². The average Bonchev–Trinajstić information content (AvgIpc) is 2.03. The van der Waals surface area contributed by atoms with Gasteiger partial charge in [0.2, 0.25) is 0 Å².